The summed E-state index contributed by atoms with van der Waals surface area (Å²) in [4.78, 5) is 16.4. The van der Waals surface area contributed by atoms with E-state index < -0.39 is 0 Å². The number of rotatable bonds is 4. The van der Waals surface area contributed by atoms with E-state index in [9.17, 15) is 4.79 Å². The maximum atomic E-state index is 12.2. The van der Waals surface area contributed by atoms with E-state index in [1.54, 1.807) is 30.3 Å². The van der Waals surface area contributed by atoms with Crippen molar-refractivity contribution in [2.45, 2.75) is 18.9 Å². The van der Waals surface area contributed by atoms with Gasteiger partial charge >= 0.3 is 0 Å². The molecule has 1 aromatic carbocycles. The van der Waals surface area contributed by atoms with Crippen LogP contribution < -0.4 is 15.4 Å². The first kappa shape index (κ1) is 17.0. The van der Waals surface area contributed by atoms with Crippen LogP contribution in [0.1, 0.15) is 23.2 Å². The maximum Gasteiger partial charge on any atom is 0.253 e. The summed E-state index contributed by atoms with van der Waals surface area (Å²) in [7, 11) is 0. The number of nitrogens with one attached hydrogen (secondary N) is 2. The first-order valence-corrected chi connectivity index (χ1v) is 8.48. The predicted molar refractivity (Wildman–Crippen MR) is 94.1 cm³/mol. The van der Waals surface area contributed by atoms with Gasteiger partial charge in [0.1, 0.15) is 10.8 Å². The molecule has 1 aliphatic rings. The first-order chi connectivity index (χ1) is 11.6. The van der Waals surface area contributed by atoms with Crippen molar-refractivity contribution in [3.8, 4) is 11.6 Å². The van der Waals surface area contributed by atoms with Crippen molar-refractivity contribution in [3.63, 3.8) is 0 Å². The minimum atomic E-state index is -0.136. The Morgan fingerprint density at radius 1 is 1.29 bits per heavy atom. The third-order valence-corrected chi connectivity index (χ3v) is 4.56. The predicted octanol–water partition coefficient (Wildman–Crippen LogP) is 3.66. The molecule has 0 spiro atoms. The molecule has 2 N–H and O–H groups in total. The van der Waals surface area contributed by atoms with Crippen molar-refractivity contribution in [1.29, 1.82) is 0 Å². The van der Waals surface area contributed by atoms with Gasteiger partial charge < -0.3 is 15.4 Å². The molecule has 2 heterocycles. The number of benzene rings is 1. The Kier molecular flexibility index (Phi) is 5.56. The Morgan fingerprint density at radius 3 is 2.88 bits per heavy atom. The molecular formula is C17H17Cl2N3O2. The Hall–Kier alpha value is -1.82. The molecule has 0 radical (unpaired) electrons. The summed E-state index contributed by atoms with van der Waals surface area (Å²) in [5.41, 5.74) is 0.491. The Labute approximate surface area is 150 Å². The summed E-state index contributed by atoms with van der Waals surface area (Å²) in [6.07, 6.45) is 3.54. The summed E-state index contributed by atoms with van der Waals surface area (Å²) in [5.74, 6) is 0.626. The van der Waals surface area contributed by atoms with Crippen molar-refractivity contribution in [1.82, 2.24) is 15.6 Å². The van der Waals surface area contributed by atoms with Gasteiger partial charge in [0.2, 0.25) is 5.88 Å². The molecule has 0 saturated carbocycles. The van der Waals surface area contributed by atoms with E-state index in [4.69, 9.17) is 27.9 Å². The van der Waals surface area contributed by atoms with Crippen molar-refractivity contribution in [2.75, 3.05) is 13.1 Å². The molecule has 0 aliphatic carbocycles. The molecule has 1 amide bonds. The van der Waals surface area contributed by atoms with E-state index in [-0.39, 0.29) is 11.9 Å². The van der Waals surface area contributed by atoms with Crippen LogP contribution in [0.2, 0.25) is 10.0 Å². The lowest BCUT2D eigenvalue weighted by Gasteiger charge is -2.23. The van der Waals surface area contributed by atoms with E-state index in [1.807, 2.05) is 0 Å². The van der Waals surface area contributed by atoms with Crippen LogP contribution in [0.3, 0.4) is 0 Å². The highest BCUT2D eigenvalue weighted by atomic mass is 35.5. The fourth-order valence-electron chi connectivity index (χ4n) is 2.49. The summed E-state index contributed by atoms with van der Waals surface area (Å²) >= 11 is 12.0. The van der Waals surface area contributed by atoms with Crippen molar-refractivity contribution < 1.29 is 9.53 Å². The molecule has 0 unspecified atom stereocenters. The standard InChI is InChI=1S/C17H17Cl2N3O2/c18-13-4-1-5-14(16(13)19)24-15-7-6-11(9-21-15)17(23)22-12-3-2-8-20-10-12/h1,4-7,9,12,20H,2-3,8,10H2,(H,22,23)/t12-/m0/s1. The van der Waals surface area contributed by atoms with Gasteiger partial charge in [0, 0.05) is 24.8 Å². The first-order valence-electron chi connectivity index (χ1n) is 7.73. The Morgan fingerprint density at radius 2 is 2.17 bits per heavy atom. The third kappa shape index (κ3) is 4.17. The van der Waals surface area contributed by atoms with E-state index in [0.717, 1.165) is 25.9 Å². The van der Waals surface area contributed by atoms with Gasteiger partial charge in [0.05, 0.1) is 10.6 Å². The second kappa shape index (κ2) is 7.83. The summed E-state index contributed by atoms with van der Waals surface area (Å²) in [5, 5.41) is 7.00. The highest BCUT2D eigenvalue weighted by molar-refractivity contribution is 6.42. The van der Waals surface area contributed by atoms with Gasteiger partial charge in [-0.2, -0.15) is 0 Å². The van der Waals surface area contributed by atoms with Crippen LogP contribution in [0.15, 0.2) is 36.5 Å². The summed E-state index contributed by atoms with van der Waals surface area (Å²) < 4.78 is 5.61. The molecule has 2 aromatic rings. The number of ether oxygens (including phenoxy) is 1. The molecule has 7 heteroatoms. The Bertz CT molecular complexity index is 716. The monoisotopic (exact) mass is 365 g/mol. The van der Waals surface area contributed by atoms with E-state index in [1.165, 1.54) is 6.20 Å². The topological polar surface area (TPSA) is 63.2 Å². The summed E-state index contributed by atoms with van der Waals surface area (Å²) in [6, 6.07) is 8.58. The molecule has 1 aliphatic heterocycles. The number of piperidine rings is 1. The number of hydrogen-bond donors (Lipinski definition) is 2. The highest BCUT2D eigenvalue weighted by Crippen LogP contribution is 2.33. The molecule has 1 fully saturated rings. The number of hydrogen-bond acceptors (Lipinski definition) is 4. The van der Waals surface area contributed by atoms with E-state index >= 15 is 0 Å². The largest absolute Gasteiger partial charge is 0.437 e. The number of halogens is 2. The van der Waals surface area contributed by atoms with E-state index in [0.29, 0.717) is 27.2 Å². The van der Waals surface area contributed by atoms with Crippen molar-refractivity contribution in [3.05, 3.63) is 52.1 Å². The van der Waals surface area contributed by atoms with Crippen LogP contribution in [-0.2, 0) is 0 Å². The zero-order chi connectivity index (χ0) is 16.9. The number of carbonyl (C=O) groups is 1. The fourth-order valence-corrected chi connectivity index (χ4v) is 2.82. The fraction of sp³-hybridized carbons (Fsp3) is 0.294. The minimum absolute atomic E-state index is 0.136. The van der Waals surface area contributed by atoms with Crippen LogP contribution in [0.25, 0.3) is 0 Å². The lowest BCUT2D eigenvalue weighted by atomic mass is 10.1. The number of carbonyl (C=O) groups excluding carboxylic acids is 1. The third-order valence-electron chi connectivity index (χ3n) is 3.76. The maximum absolute atomic E-state index is 12.2. The average Bonchev–Trinajstić information content (AvgIpc) is 2.60. The average molecular weight is 366 g/mol. The van der Waals surface area contributed by atoms with Gasteiger partial charge in [-0.25, -0.2) is 4.98 Å². The molecule has 1 atom stereocenters. The second-order valence-electron chi connectivity index (χ2n) is 5.56. The normalized spacial score (nSPS) is 17.3. The van der Waals surface area contributed by atoms with Crippen molar-refractivity contribution in [2.24, 2.45) is 0 Å². The van der Waals surface area contributed by atoms with Crippen LogP contribution >= 0.6 is 23.2 Å². The summed E-state index contributed by atoms with van der Waals surface area (Å²) in [6.45, 7) is 1.81. The van der Waals surface area contributed by atoms with Gasteiger partial charge in [-0.15, -0.1) is 0 Å². The highest BCUT2D eigenvalue weighted by Gasteiger charge is 2.16. The van der Waals surface area contributed by atoms with Gasteiger partial charge in [-0.3, -0.25) is 4.79 Å². The van der Waals surface area contributed by atoms with Gasteiger partial charge in [0.15, 0.2) is 0 Å². The van der Waals surface area contributed by atoms with Crippen LogP contribution in [-0.4, -0.2) is 30.0 Å². The number of pyridine rings is 1. The molecule has 1 saturated heterocycles. The molecule has 24 heavy (non-hydrogen) atoms. The lowest BCUT2D eigenvalue weighted by Crippen LogP contribution is -2.45. The SMILES string of the molecule is O=C(N[C@H]1CCCNC1)c1ccc(Oc2cccc(Cl)c2Cl)nc1. The second-order valence-corrected chi connectivity index (χ2v) is 6.34. The smallest absolute Gasteiger partial charge is 0.253 e. The van der Waals surface area contributed by atoms with Gasteiger partial charge in [-0.05, 0) is 37.6 Å². The van der Waals surface area contributed by atoms with E-state index in [2.05, 4.69) is 15.6 Å². The zero-order valence-electron chi connectivity index (χ0n) is 12.9. The quantitative estimate of drug-likeness (QED) is 0.867. The molecule has 1 aromatic heterocycles. The lowest BCUT2D eigenvalue weighted by molar-refractivity contribution is 0.0930. The van der Waals surface area contributed by atoms with Crippen LogP contribution in [0.4, 0.5) is 0 Å². The minimum Gasteiger partial charge on any atom is -0.437 e. The van der Waals surface area contributed by atoms with Gasteiger partial charge in [0.25, 0.3) is 5.91 Å². The molecule has 5 nitrogen and oxygen atoms in total. The van der Waals surface area contributed by atoms with Gasteiger partial charge in [-0.1, -0.05) is 29.3 Å². The molecular weight excluding hydrogens is 349 g/mol. The zero-order valence-corrected chi connectivity index (χ0v) is 14.4. The molecule has 3 rings (SSSR count). The molecule has 0 bridgehead atoms. The molecule has 126 valence electrons. The van der Waals surface area contributed by atoms with Crippen LogP contribution in [0, 0.1) is 0 Å². The number of aromatic nitrogens is 1. The van der Waals surface area contributed by atoms with Crippen molar-refractivity contribution >= 4 is 29.1 Å². The van der Waals surface area contributed by atoms with Crippen LogP contribution in [0.5, 0.6) is 11.6 Å². The number of amides is 1. The number of nitrogens with zero attached hydrogens (tertiary/aromatic N) is 1. The Balaban J connectivity index is 1.64.